The number of aromatic nitrogens is 2. The van der Waals surface area contributed by atoms with Gasteiger partial charge in [-0.15, -0.1) is 0 Å². The number of hydrogen-bond acceptors (Lipinski definition) is 3. The van der Waals surface area contributed by atoms with Crippen molar-refractivity contribution in [3.63, 3.8) is 0 Å². The summed E-state index contributed by atoms with van der Waals surface area (Å²) in [5.74, 6) is -0.488. The van der Waals surface area contributed by atoms with Crippen molar-refractivity contribution in [2.24, 2.45) is 0 Å². The fraction of sp³-hybridized carbons (Fsp3) is 0.333. The summed E-state index contributed by atoms with van der Waals surface area (Å²) in [6.07, 6.45) is 0. The van der Waals surface area contributed by atoms with Crippen LogP contribution in [0.1, 0.15) is 33.3 Å². The van der Waals surface area contributed by atoms with Gasteiger partial charge in [-0.3, -0.25) is 4.68 Å². The maximum absolute atomic E-state index is 10.8. The standard InChI is InChI=1S/C12H13BrN2O3/c1-6-11(13)7(2)15(14-6)5-9-4-10(12(16)17)18-8(9)3/h4H,5H2,1-3H3,(H,16,17). The van der Waals surface area contributed by atoms with Crippen LogP contribution in [-0.4, -0.2) is 20.9 Å². The summed E-state index contributed by atoms with van der Waals surface area (Å²) >= 11 is 3.46. The lowest BCUT2D eigenvalue weighted by atomic mass is 10.2. The topological polar surface area (TPSA) is 68.3 Å². The lowest BCUT2D eigenvalue weighted by molar-refractivity contribution is 0.0661. The van der Waals surface area contributed by atoms with Crippen molar-refractivity contribution in [2.75, 3.05) is 0 Å². The van der Waals surface area contributed by atoms with Crippen molar-refractivity contribution in [3.8, 4) is 0 Å². The Morgan fingerprint density at radius 1 is 1.50 bits per heavy atom. The van der Waals surface area contributed by atoms with E-state index in [1.54, 1.807) is 13.0 Å². The quantitative estimate of drug-likeness (QED) is 0.946. The number of aromatic carboxylic acids is 1. The van der Waals surface area contributed by atoms with Crippen LogP contribution >= 0.6 is 15.9 Å². The van der Waals surface area contributed by atoms with Gasteiger partial charge >= 0.3 is 5.97 Å². The van der Waals surface area contributed by atoms with E-state index in [0.29, 0.717) is 12.3 Å². The van der Waals surface area contributed by atoms with Crippen LogP contribution < -0.4 is 0 Å². The van der Waals surface area contributed by atoms with Gasteiger partial charge in [0.25, 0.3) is 0 Å². The monoisotopic (exact) mass is 312 g/mol. The first kappa shape index (κ1) is 12.9. The molecule has 0 unspecified atom stereocenters. The summed E-state index contributed by atoms with van der Waals surface area (Å²) in [6.45, 7) is 6.12. The zero-order valence-electron chi connectivity index (χ0n) is 10.3. The molecule has 0 bridgehead atoms. The highest BCUT2D eigenvalue weighted by Crippen LogP contribution is 2.22. The van der Waals surface area contributed by atoms with Gasteiger partial charge in [0, 0.05) is 5.56 Å². The van der Waals surface area contributed by atoms with E-state index >= 15 is 0 Å². The summed E-state index contributed by atoms with van der Waals surface area (Å²) in [6, 6.07) is 1.54. The minimum absolute atomic E-state index is 0.0388. The molecular weight excluding hydrogens is 300 g/mol. The van der Waals surface area contributed by atoms with Gasteiger partial charge in [-0.1, -0.05) is 0 Å². The van der Waals surface area contributed by atoms with Crippen molar-refractivity contribution in [1.82, 2.24) is 9.78 Å². The molecule has 0 fully saturated rings. The fourth-order valence-electron chi connectivity index (χ4n) is 1.77. The smallest absolute Gasteiger partial charge is 0.371 e. The molecule has 0 aliphatic heterocycles. The number of carboxylic acids is 1. The third-order valence-electron chi connectivity index (χ3n) is 2.84. The van der Waals surface area contributed by atoms with Crippen molar-refractivity contribution < 1.29 is 14.3 Å². The van der Waals surface area contributed by atoms with Crippen molar-refractivity contribution >= 4 is 21.9 Å². The van der Waals surface area contributed by atoms with Gasteiger partial charge in [-0.2, -0.15) is 5.10 Å². The van der Waals surface area contributed by atoms with Gasteiger partial charge in [-0.05, 0) is 42.8 Å². The lowest BCUT2D eigenvalue weighted by Gasteiger charge is -2.02. The number of halogens is 1. The van der Waals surface area contributed by atoms with E-state index in [4.69, 9.17) is 9.52 Å². The Bertz CT molecular complexity index is 613. The second-order valence-corrected chi connectivity index (χ2v) is 4.93. The van der Waals surface area contributed by atoms with E-state index in [-0.39, 0.29) is 5.76 Å². The molecule has 0 radical (unpaired) electrons. The molecule has 2 aromatic rings. The SMILES string of the molecule is Cc1nn(Cc2cc(C(=O)O)oc2C)c(C)c1Br. The molecule has 1 N–H and O–H groups in total. The Hall–Kier alpha value is -1.56. The normalized spacial score (nSPS) is 10.9. The summed E-state index contributed by atoms with van der Waals surface area (Å²) in [7, 11) is 0. The van der Waals surface area contributed by atoms with Gasteiger partial charge in [0.2, 0.25) is 5.76 Å². The van der Waals surface area contributed by atoms with Gasteiger partial charge in [0.05, 0.1) is 22.4 Å². The molecule has 2 heterocycles. The van der Waals surface area contributed by atoms with Crippen LogP contribution in [0, 0.1) is 20.8 Å². The predicted molar refractivity (Wildman–Crippen MR) is 68.9 cm³/mol. The Kier molecular flexibility index (Phi) is 3.30. The zero-order chi connectivity index (χ0) is 13.4. The highest BCUT2D eigenvalue weighted by molar-refractivity contribution is 9.10. The number of carbonyl (C=O) groups is 1. The molecule has 18 heavy (non-hydrogen) atoms. The minimum Gasteiger partial charge on any atom is -0.475 e. The first-order valence-corrected chi connectivity index (χ1v) is 6.21. The molecule has 0 aliphatic carbocycles. The van der Waals surface area contributed by atoms with Crippen LogP contribution in [0.15, 0.2) is 15.0 Å². The van der Waals surface area contributed by atoms with Crippen molar-refractivity contribution in [1.29, 1.82) is 0 Å². The summed E-state index contributed by atoms with van der Waals surface area (Å²) in [5, 5.41) is 13.2. The van der Waals surface area contributed by atoms with E-state index in [9.17, 15) is 4.79 Å². The number of nitrogens with zero attached hydrogens (tertiary/aromatic N) is 2. The fourth-order valence-corrected chi connectivity index (χ4v) is 2.06. The van der Waals surface area contributed by atoms with Gasteiger partial charge in [0.1, 0.15) is 5.76 Å². The van der Waals surface area contributed by atoms with Crippen LogP contribution in [0.5, 0.6) is 0 Å². The minimum atomic E-state index is -1.06. The molecule has 0 atom stereocenters. The lowest BCUT2D eigenvalue weighted by Crippen LogP contribution is -2.04. The van der Waals surface area contributed by atoms with Crippen LogP contribution in [0.3, 0.4) is 0 Å². The van der Waals surface area contributed by atoms with E-state index in [1.165, 1.54) is 0 Å². The number of hydrogen-bond donors (Lipinski definition) is 1. The summed E-state index contributed by atoms with van der Waals surface area (Å²) < 4.78 is 7.97. The first-order chi connectivity index (χ1) is 8.40. The Balaban J connectivity index is 2.34. The number of aryl methyl sites for hydroxylation is 2. The molecule has 0 aliphatic rings. The highest BCUT2D eigenvalue weighted by Gasteiger charge is 2.15. The van der Waals surface area contributed by atoms with E-state index < -0.39 is 5.97 Å². The maximum Gasteiger partial charge on any atom is 0.371 e. The Morgan fingerprint density at radius 3 is 2.61 bits per heavy atom. The third kappa shape index (κ3) is 2.20. The van der Waals surface area contributed by atoms with Crippen molar-refractivity contribution in [2.45, 2.75) is 27.3 Å². The second-order valence-electron chi connectivity index (χ2n) is 4.14. The molecule has 96 valence electrons. The first-order valence-electron chi connectivity index (χ1n) is 5.42. The number of furan rings is 1. The van der Waals surface area contributed by atoms with Crippen LogP contribution in [0.25, 0.3) is 0 Å². The summed E-state index contributed by atoms with van der Waals surface area (Å²) in [5.41, 5.74) is 2.74. The predicted octanol–water partition coefficient (Wildman–Crippen LogP) is 2.91. The van der Waals surface area contributed by atoms with E-state index in [1.807, 2.05) is 18.5 Å². The molecule has 0 amide bonds. The molecule has 0 aromatic carbocycles. The molecular formula is C12H13BrN2O3. The third-order valence-corrected chi connectivity index (χ3v) is 3.99. The molecule has 2 rings (SSSR count). The molecule has 6 heteroatoms. The summed E-state index contributed by atoms with van der Waals surface area (Å²) in [4.78, 5) is 10.8. The number of carboxylic acid groups (broad SMARTS) is 1. The van der Waals surface area contributed by atoms with Crippen LogP contribution in [-0.2, 0) is 6.54 Å². The average molecular weight is 313 g/mol. The number of rotatable bonds is 3. The van der Waals surface area contributed by atoms with Gasteiger partial charge in [-0.25, -0.2) is 4.79 Å². The van der Waals surface area contributed by atoms with E-state index in [2.05, 4.69) is 21.0 Å². The van der Waals surface area contributed by atoms with E-state index in [0.717, 1.165) is 21.4 Å². The van der Waals surface area contributed by atoms with Crippen molar-refractivity contribution in [3.05, 3.63) is 39.0 Å². The molecule has 5 nitrogen and oxygen atoms in total. The average Bonchev–Trinajstić information content (AvgIpc) is 2.77. The molecule has 0 saturated heterocycles. The van der Waals surface area contributed by atoms with Crippen LogP contribution in [0.4, 0.5) is 0 Å². The van der Waals surface area contributed by atoms with Gasteiger partial charge in [0.15, 0.2) is 0 Å². The molecule has 0 spiro atoms. The molecule has 0 saturated carbocycles. The zero-order valence-corrected chi connectivity index (χ0v) is 11.9. The van der Waals surface area contributed by atoms with Gasteiger partial charge < -0.3 is 9.52 Å². The Morgan fingerprint density at radius 2 is 2.17 bits per heavy atom. The van der Waals surface area contributed by atoms with Crippen LogP contribution in [0.2, 0.25) is 0 Å². The molecule has 2 aromatic heterocycles. The highest BCUT2D eigenvalue weighted by atomic mass is 79.9. The Labute approximate surface area is 113 Å². The largest absolute Gasteiger partial charge is 0.475 e. The maximum atomic E-state index is 10.8. The second kappa shape index (κ2) is 4.61.